The number of amides is 1. The smallest absolute Gasteiger partial charge is 0.222 e. The molecule has 3 rings (SSSR count). The van der Waals surface area contributed by atoms with E-state index >= 15 is 0 Å². The van der Waals surface area contributed by atoms with Crippen molar-refractivity contribution in [1.29, 1.82) is 0 Å². The van der Waals surface area contributed by atoms with Gasteiger partial charge in [-0.05, 0) is 37.1 Å². The minimum atomic E-state index is -0.240. The number of aromatic nitrogens is 2. The molecule has 0 radical (unpaired) electrons. The Morgan fingerprint density at radius 1 is 1.36 bits per heavy atom. The zero-order valence-corrected chi connectivity index (χ0v) is 15.1. The first-order valence-electron chi connectivity index (χ1n) is 8.65. The Labute approximate surface area is 148 Å². The van der Waals surface area contributed by atoms with Crippen LogP contribution in [0.25, 0.3) is 0 Å². The van der Waals surface area contributed by atoms with E-state index in [1.54, 1.807) is 0 Å². The van der Waals surface area contributed by atoms with Gasteiger partial charge in [0.05, 0.1) is 12.1 Å². The Kier molecular flexibility index (Phi) is 5.08. The fourth-order valence-corrected chi connectivity index (χ4v) is 3.55. The van der Waals surface area contributed by atoms with Gasteiger partial charge in [-0.25, -0.2) is 0 Å². The fraction of sp³-hybridized carbons (Fsp3) is 0.474. The Balaban J connectivity index is 1.62. The van der Waals surface area contributed by atoms with E-state index in [4.69, 9.17) is 10.5 Å². The van der Waals surface area contributed by atoms with Gasteiger partial charge in [-0.2, -0.15) is 5.10 Å². The quantitative estimate of drug-likeness (QED) is 0.866. The van der Waals surface area contributed by atoms with Crippen LogP contribution < -0.4 is 10.5 Å². The highest BCUT2D eigenvalue weighted by Gasteiger charge is 2.38. The number of ether oxygens (including phenoxy) is 1. The number of benzene rings is 1. The van der Waals surface area contributed by atoms with E-state index in [-0.39, 0.29) is 17.7 Å². The van der Waals surface area contributed by atoms with Gasteiger partial charge < -0.3 is 10.5 Å². The van der Waals surface area contributed by atoms with Gasteiger partial charge in [0.25, 0.3) is 0 Å². The van der Waals surface area contributed by atoms with Crippen LogP contribution in [-0.4, -0.2) is 46.8 Å². The van der Waals surface area contributed by atoms with Crippen LogP contribution in [0.1, 0.15) is 22.7 Å². The normalized spacial score (nSPS) is 20.8. The lowest BCUT2D eigenvalue weighted by molar-refractivity contribution is -0.121. The molecule has 0 bridgehead atoms. The van der Waals surface area contributed by atoms with E-state index in [9.17, 15) is 4.79 Å². The number of carbonyl (C=O) groups excluding carboxylic acids is 1. The summed E-state index contributed by atoms with van der Waals surface area (Å²) in [6.45, 7) is 6.92. The highest BCUT2D eigenvalue weighted by Crippen LogP contribution is 2.33. The summed E-state index contributed by atoms with van der Waals surface area (Å²) in [6.07, 6.45) is 1.86. The molecule has 1 aromatic heterocycles. The third-order valence-electron chi connectivity index (χ3n) is 5.10. The van der Waals surface area contributed by atoms with Crippen molar-refractivity contribution < 1.29 is 9.53 Å². The van der Waals surface area contributed by atoms with Gasteiger partial charge in [-0.1, -0.05) is 12.1 Å². The SMILES string of the molecule is Cc1cccc(OCCN2C[C@H](C(N)=O)[C@@H](c3cnn(C)c3C)C2)c1. The third-order valence-corrected chi connectivity index (χ3v) is 5.10. The van der Waals surface area contributed by atoms with Gasteiger partial charge in [0, 0.05) is 38.3 Å². The zero-order valence-electron chi connectivity index (χ0n) is 15.1. The second kappa shape index (κ2) is 7.27. The second-order valence-corrected chi connectivity index (χ2v) is 6.85. The Morgan fingerprint density at radius 2 is 2.16 bits per heavy atom. The predicted molar refractivity (Wildman–Crippen MR) is 96.5 cm³/mol. The van der Waals surface area contributed by atoms with Gasteiger partial charge in [-0.3, -0.25) is 14.4 Å². The molecule has 1 aliphatic rings. The van der Waals surface area contributed by atoms with Gasteiger partial charge in [-0.15, -0.1) is 0 Å². The number of hydrogen-bond acceptors (Lipinski definition) is 4. The van der Waals surface area contributed by atoms with E-state index < -0.39 is 0 Å². The molecule has 0 unspecified atom stereocenters. The monoisotopic (exact) mass is 342 g/mol. The van der Waals surface area contributed by atoms with Crippen LogP contribution in [0.15, 0.2) is 30.5 Å². The molecular weight excluding hydrogens is 316 g/mol. The van der Waals surface area contributed by atoms with E-state index in [2.05, 4.69) is 10.00 Å². The first kappa shape index (κ1) is 17.5. The lowest BCUT2D eigenvalue weighted by atomic mass is 9.89. The molecule has 0 spiro atoms. The molecule has 1 aromatic carbocycles. The first-order valence-corrected chi connectivity index (χ1v) is 8.65. The minimum absolute atomic E-state index is 0.102. The standard InChI is InChI=1S/C19H26N4O2/c1-13-5-4-6-15(9-13)25-8-7-23-11-17(18(12-23)19(20)24)16-10-21-22(3)14(16)2/h4-6,9-10,17-18H,7-8,11-12H2,1-3H3,(H2,20,24)/t17-,18+/m1/s1. The van der Waals surface area contributed by atoms with Gasteiger partial charge in [0.15, 0.2) is 0 Å². The van der Waals surface area contributed by atoms with Crippen LogP contribution in [0.2, 0.25) is 0 Å². The Hall–Kier alpha value is -2.34. The van der Waals surface area contributed by atoms with Crippen LogP contribution in [0.5, 0.6) is 5.75 Å². The summed E-state index contributed by atoms with van der Waals surface area (Å²) in [7, 11) is 1.92. The molecule has 1 amide bonds. The van der Waals surface area contributed by atoms with Crippen molar-refractivity contribution in [3.05, 3.63) is 47.3 Å². The molecular formula is C19H26N4O2. The topological polar surface area (TPSA) is 73.4 Å². The highest BCUT2D eigenvalue weighted by molar-refractivity contribution is 5.78. The van der Waals surface area contributed by atoms with E-state index in [0.29, 0.717) is 13.2 Å². The van der Waals surface area contributed by atoms with Gasteiger partial charge in [0.1, 0.15) is 12.4 Å². The van der Waals surface area contributed by atoms with Gasteiger partial charge in [0.2, 0.25) is 5.91 Å². The second-order valence-electron chi connectivity index (χ2n) is 6.85. The molecule has 2 aromatic rings. The summed E-state index contributed by atoms with van der Waals surface area (Å²) in [5.74, 6) is 0.563. The van der Waals surface area contributed by atoms with Crippen LogP contribution in [0.3, 0.4) is 0 Å². The van der Waals surface area contributed by atoms with E-state index in [0.717, 1.165) is 30.1 Å². The molecule has 25 heavy (non-hydrogen) atoms. The maximum atomic E-state index is 11.9. The molecule has 134 valence electrons. The number of aryl methyl sites for hydroxylation is 2. The highest BCUT2D eigenvalue weighted by atomic mass is 16.5. The first-order chi connectivity index (χ1) is 12.0. The molecule has 1 aliphatic heterocycles. The van der Waals surface area contributed by atoms with Crippen LogP contribution in [0.4, 0.5) is 0 Å². The molecule has 1 fully saturated rings. The Morgan fingerprint density at radius 3 is 2.80 bits per heavy atom. The lowest BCUT2D eigenvalue weighted by Crippen LogP contribution is -2.30. The number of nitrogens with zero attached hydrogens (tertiary/aromatic N) is 3. The number of primary amides is 1. The van der Waals surface area contributed by atoms with Crippen molar-refractivity contribution >= 4 is 5.91 Å². The molecule has 6 heteroatoms. The Bertz CT molecular complexity index is 756. The molecule has 2 atom stereocenters. The summed E-state index contributed by atoms with van der Waals surface area (Å²) in [5, 5.41) is 4.31. The predicted octanol–water partition coefficient (Wildman–Crippen LogP) is 1.62. The summed E-state index contributed by atoms with van der Waals surface area (Å²) in [5.41, 5.74) is 9.05. The average Bonchev–Trinajstić information content (AvgIpc) is 3.12. The number of nitrogens with two attached hydrogens (primary N) is 1. The maximum absolute atomic E-state index is 11.9. The fourth-order valence-electron chi connectivity index (χ4n) is 3.55. The zero-order chi connectivity index (χ0) is 18.0. The van der Waals surface area contributed by atoms with Crippen molar-refractivity contribution in [2.75, 3.05) is 26.2 Å². The maximum Gasteiger partial charge on any atom is 0.222 e. The number of hydrogen-bond donors (Lipinski definition) is 1. The molecule has 0 aliphatic carbocycles. The summed E-state index contributed by atoms with van der Waals surface area (Å²) < 4.78 is 7.68. The lowest BCUT2D eigenvalue weighted by Gasteiger charge is -2.16. The average molecular weight is 342 g/mol. The van der Waals surface area contributed by atoms with Crippen LogP contribution in [0, 0.1) is 19.8 Å². The molecule has 0 saturated carbocycles. The van der Waals surface area contributed by atoms with Crippen LogP contribution in [-0.2, 0) is 11.8 Å². The van der Waals surface area contributed by atoms with Crippen LogP contribution >= 0.6 is 0 Å². The molecule has 2 heterocycles. The van der Waals surface area contributed by atoms with E-state index in [1.165, 1.54) is 5.56 Å². The van der Waals surface area contributed by atoms with E-state index in [1.807, 2.05) is 56.0 Å². The molecule has 2 N–H and O–H groups in total. The van der Waals surface area contributed by atoms with Crippen molar-refractivity contribution in [3.63, 3.8) is 0 Å². The van der Waals surface area contributed by atoms with Gasteiger partial charge >= 0.3 is 0 Å². The summed E-state index contributed by atoms with van der Waals surface area (Å²) in [4.78, 5) is 14.2. The van der Waals surface area contributed by atoms with Crippen molar-refractivity contribution in [1.82, 2.24) is 14.7 Å². The molecule has 6 nitrogen and oxygen atoms in total. The number of carbonyl (C=O) groups is 1. The van der Waals surface area contributed by atoms with Crippen molar-refractivity contribution in [2.45, 2.75) is 19.8 Å². The molecule has 1 saturated heterocycles. The summed E-state index contributed by atoms with van der Waals surface area (Å²) >= 11 is 0. The minimum Gasteiger partial charge on any atom is -0.492 e. The van der Waals surface area contributed by atoms with Crippen molar-refractivity contribution in [2.24, 2.45) is 18.7 Å². The third kappa shape index (κ3) is 3.85. The summed E-state index contributed by atoms with van der Waals surface area (Å²) in [6, 6.07) is 8.03. The number of likely N-dealkylation sites (tertiary alicyclic amines) is 1. The van der Waals surface area contributed by atoms with Crippen molar-refractivity contribution in [3.8, 4) is 5.75 Å². The number of rotatable bonds is 6. The largest absolute Gasteiger partial charge is 0.492 e.